The van der Waals surface area contributed by atoms with E-state index in [9.17, 15) is 27.8 Å². The highest BCUT2D eigenvalue weighted by Crippen LogP contribution is 2.62. The molecule has 1 aromatic heterocycles. The molecule has 2 aliphatic heterocycles. The Morgan fingerprint density at radius 1 is 1.29 bits per heavy atom. The number of carbonyl (C=O) groups excluding carboxylic acids is 1. The molecule has 0 bridgehead atoms. The fraction of sp³-hybridized carbons (Fsp3) is 0.700. The van der Waals surface area contributed by atoms with Gasteiger partial charge in [0.2, 0.25) is 0 Å². The van der Waals surface area contributed by atoms with E-state index >= 15 is 0 Å². The highest BCUT2D eigenvalue weighted by Gasteiger charge is 2.59. The zero-order chi connectivity index (χ0) is 22.3. The van der Waals surface area contributed by atoms with Crippen molar-refractivity contribution in [3.8, 4) is 0 Å². The fourth-order valence-corrected chi connectivity index (χ4v) is 6.81. The average Bonchev–Trinajstić information content (AvgIpc) is 3.01. The lowest BCUT2D eigenvalue weighted by Gasteiger charge is -2.41. The van der Waals surface area contributed by atoms with Crippen molar-refractivity contribution in [1.29, 1.82) is 0 Å². The molecule has 4 atom stereocenters. The SMILES string of the molecule is CC(O)C(=O)N1CC2CC(c3ccc4c(n3)N(C)S(O)(O)N4CC3CC3(F)F)CC2C1. The molecule has 0 aromatic carbocycles. The Hall–Kier alpha value is -1.69. The standard InChI is InChI=1S/C20H28F2N4O4S/c1-11(27)19(28)25-8-13-5-12(6-14(13)9-25)16-3-4-17-18(23-16)24(2)31(29,30)26(17)10-15-7-20(15,21)22/h3-4,11-15,27,29-30H,5-10H2,1-2H3. The number of amides is 1. The maximum atomic E-state index is 13.4. The van der Waals surface area contributed by atoms with Gasteiger partial charge in [0.1, 0.15) is 11.8 Å². The van der Waals surface area contributed by atoms with Gasteiger partial charge in [-0.3, -0.25) is 13.9 Å². The third-order valence-electron chi connectivity index (χ3n) is 7.29. The van der Waals surface area contributed by atoms with Crippen molar-refractivity contribution in [1.82, 2.24) is 9.88 Å². The molecule has 1 aromatic rings. The first-order chi connectivity index (χ1) is 14.5. The van der Waals surface area contributed by atoms with Crippen molar-refractivity contribution in [3.05, 3.63) is 17.8 Å². The number of anilines is 2. The number of carbonyl (C=O) groups is 1. The first-order valence-corrected chi connectivity index (χ1v) is 12.1. The highest BCUT2D eigenvalue weighted by atomic mass is 32.3. The van der Waals surface area contributed by atoms with Gasteiger partial charge in [-0.2, -0.15) is 0 Å². The van der Waals surface area contributed by atoms with Crippen molar-refractivity contribution in [2.45, 2.75) is 44.1 Å². The van der Waals surface area contributed by atoms with Crippen LogP contribution in [-0.2, 0) is 4.79 Å². The van der Waals surface area contributed by atoms with Gasteiger partial charge in [-0.15, -0.1) is 0 Å². The number of aliphatic hydroxyl groups excluding tert-OH is 1. The predicted octanol–water partition coefficient (Wildman–Crippen LogP) is 2.91. The van der Waals surface area contributed by atoms with E-state index in [0.29, 0.717) is 36.4 Å². The molecule has 4 aliphatic rings. The summed E-state index contributed by atoms with van der Waals surface area (Å²) in [6, 6.07) is 3.61. The summed E-state index contributed by atoms with van der Waals surface area (Å²) in [7, 11) is -1.88. The molecule has 2 aliphatic carbocycles. The number of aromatic nitrogens is 1. The number of halogens is 2. The van der Waals surface area contributed by atoms with Crippen LogP contribution in [0.25, 0.3) is 0 Å². The molecule has 11 heteroatoms. The van der Waals surface area contributed by atoms with Crippen LogP contribution in [0.4, 0.5) is 20.3 Å². The van der Waals surface area contributed by atoms with Crippen LogP contribution in [0, 0.1) is 17.8 Å². The Balaban J connectivity index is 1.32. The average molecular weight is 459 g/mol. The monoisotopic (exact) mass is 458 g/mol. The van der Waals surface area contributed by atoms with E-state index < -0.39 is 28.9 Å². The van der Waals surface area contributed by atoms with Gasteiger partial charge in [0.05, 0.1) is 0 Å². The Labute approximate surface area is 181 Å². The van der Waals surface area contributed by atoms with Crippen LogP contribution in [0.3, 0.4) is 0 Å². The topological polar surface area (TPSA) is 100 Å². The van der Waals surface area contributed by atoms with Gasteiger partial charge in [0.15, 0.2) is 5.82 Å². The van der Waals surface area contributed by atoms with E-state index in [1.54, 1.807) is 11.0 Å². The number of nitrogens with zero attached hydrogens (tertiary/aromatic N) is 4. The Morgan fingerprint density at radius 3 is 2.45 bits per heavy atom. The van der Waals surface area contributed by atoms with Crippen LogP contribution in [0.1, 0.15) is 37.8 Å². The van der Waals surface area contributed by atoms with Crippen LogP contribution in [0.15, 0.2) is 12.1 Å². The molecule has 172 valence electrons. The molecule has 31 heavy (non-hydrogen) atoms. The van der Waals surface area contributed by atoms with Gasteiger partial charge >= 0.3 is 0 Å². The minimum Gasteiger partial charge on any atom is -0.384 e. The molecule has 3 heterocycles. The molecular formula is C20H28F2N4O4S. The second-order valence-corrected chi connectivity index (χ2v) is 11.4. The van der Waals surface area contributed by atoms with Gasteiger partial charge in [0.25, 0.3) is 11.8 Å². The van der Waals surface area contributed by atoms with Gasteiger partial charge in [0, 0.05) is 50.6 Å². The maximum absolute atomic E-state index is 13.4. The van der Waals surface area contributed by atoms with E-state index in [0.717, 1.165) is 18.5 Å². The van der Waals surface area contributed by atoms with Crippen molar-refractivity contribution in [3.63, 3.8) is 0 Å². The first-order valence-electron chi connectivity index (χ1n) is 10.6. The third kappa shape index (κ3) is 3.37. The lowest BCUT2D eigenvalue weighted by atomic mass is 10.0. The lowest BCUT2D eigenvalue weighted by Crippen LogP contribution is -2.36. The minimum atomic E-state index is -3.41. The van der Waals surface area contributed by atoms with Crippen molar-refractivity contribution in [2.24, 2.45) is 17.8 Å². The zero-order valence-electron chi connectivity index (χ0n) is 17.5. The number of rotatable bonds is 4. The first kappa shape index (κ1) is 21.2. The number of hydrogen-bond acceptors (Lipinski definition) is 7. The summed E-state index contributed by atoms with van der Waals surface area (Å²) < 4.78 is 50.7. The van der Waals surface area contributed by atoms with E-state index in [4.69, 9.17) is 4.98 Å². The molecule has 1 saturated heterocycles. The fourth-order valence-electron chi connectivity index (χ4n) is 5.36. The second-order valence-electron chi connectivity index (χ2n) is 9.40. The van der Waals surface area contributed by atoms with Crippen molar-refractivity contribution >= 4 is 28.4 Å². The molecular weight excluding hydrogens is 430 g/mol. The van der Waals surface area contributed by atoms with E-state index in [1.165, 1.54) is 22.6 Å². The molecule has 3 fully saturated rings. The number of hydrogen-bond donors (Lipinski definition) is 3. The molecule has 8 nitrogen and oxygen atoms in total. The van der Waals surface area contributed by atoms with Crippen LogP contribution in [-0.4, -0.2) is 68.7 Å². The Bertz CT molecular complexity index is 903. The zero-order valence-corrected chi connectivity index (χ0v) is 18.3. The smallest absolute Gasteiger partial charge is 0.253 e. The number of aliphatic hydroxyl groups is 1. The van der Waals surface area contributed by atoms with Crippen LogP contribution < -0.4 is 8.61 Å². The largest absolute Gasteiger partial charge is 0.384 e. The molecule has 2 saturated carbocycles. The molecule has 4 unspecified atom stereocenters. The van der Waals surface area contributed by atoms with Crippen LogP contribution in [0.5, 0.6) is 0 Å². The normalized spacial score (nSPS) is 34.5. The van der Waals surface area contributed by atoms with Gasteiger partial charge in [-0.25, -0.2) is 22.4 Å². The molecule has 3 N–H and O–H groups in total. The van der Waals surface area contributed by atoms with E-state index in [1.807, 2.05) is 6.07 Å². The summed E-state index contributed by atoms with van der Waals surface area (Å²) >= 11 is 0. The van der Waals surface area contributed by atoms with Crippen LogP contribution in [0.2, 0.25) is 0 Å². The summed E-state index contributed by atoms with van der Waals surface area (Å²) in [5.74, 6) is -2.53. The highest BCUT2D eigenvalue weighted by molar-refractivity contribution is 8.26. The number of likely N-dealkylation sites (tertiary alicyclic amines) is 1. The summed E-state index contributed by atoms with van der Waals surface area (Å²) in [4.78, 5) is 18.5. The molecule has 5 rings (SSSR count). The predicted molar refractivity (Wildman–Crippen MR) is 113 cm³/mol. The third-order valence-corrected chi connectivity index (χ3v) is 9.13. The quantitative estimate of drug-likeness (QED) is 0.638. The summed E-state index contributed by atoms with van der Waals surface area (Å²) in [5, 5.41) is 9.55. The Kier molecular flexibility index (Phi) is 4.71. The number of fused-ring (bicyclic) bond motifs is 2. The van der Waals surface area contributed by atoms with Gasteiger partial charge in [-0.05, 0) is 54.7 Å². The van der Waals surface area contributed by atoms with E-state index in [-0.39, 0.29) is 24.8 Å². The Morgan fingerprint density at radius 2 is 1.90 bits per heavy atom. The number of alkyl halides is 2. The summed E-state index contributed by atoms with van der Waals surface area (Å²) in [6.45, 7) is 2.65. The van der Waals surface area contributed by atoms with Crippen molar-refractivity contribution in [2.75, 3.05) is 35.3 Å². The summed E-state index contributed by atoms with van der Waals surface area (Å²) in [6.07, 6.45) is 0.529. The summed E-state index contributed by atoms with van der Waals surface area (Å²) in [5.41, 5.74) is 1.32. The molecule has 0 radical (unpaired) electrons. The van der Waals surface area contributed by atoms with E-state index in [2.05, 4.69) is 0 Å². The minimum absolute atomic E-state index is 0.117. The van der Waals surface area contributed by atoms with Gasteiger partial charge in [-0.1, -0.05) is 0 Å². The lowest BCUT2D eigenvalue weighted by molar-refractivity contribution is -0.138. The van der Waals surface area contributed by atoms with Gasteiger partial charge < -0.3 is 10.0 Å². The maximum Gasteiger partial charge on any atom is 0.253 e. The molecule has 0 spiro atoms. The number of pyridine rings is 1. The molecule has 1 amide bonds. The van der Waals surface area contributed by atoms with Crippen molar-refractivity contribution < 1.29 is 27.8 Å². The second kappa shape index (κ2) is 6.90. The van der Waals surface area contributed by atoms with Crippen LogP contribution >= 0.6 is 11.0 Å².